The molecule has 3 nitrogen and oxygen atoms in total. The summed E-state index contributed by atoms with van der Waals surface area (Å²) in [5.41, 5.74) is 2.38. The van der Waals surface area contributed by atoms with Gasteiger partial charge < -0.3 is 9.84 Å². The lowest BCUT2D eigenvalue weighted by Crippen LogP contribution is -2.25. The minimum Gasteiger partial charge on any atom is -0.497 e. The average molecular weight is 220 g/mol. The van der Waals surface area contributed by atoms with Crippen LogP contribution >= 0.6 is 0 Å². The van der Waals surface area contributed by atoms with Crippen LogP contribution in [-0.2, 0) is 11.2 Å². The molecule has 0 fully saturated rings. The van der Waals surface area contributed by atoms with Crippen LogP contribution in [0.1, 0.15) is 30.4 Å². The van der Waals surface area contributed by atoms with E-state index >= 15 is 0 Å². The van der Waals surface area contributed by atoms with E-state index in [4.69, 9.17) is 9.84 Å². The van der Waals surface area contributed by atoms with Gasteiger partial charge in [0, 0.05) is 0 Å². The molecule has 1 aromatic rings. The Morgan fingerprint density at radius 3 is 2.88 bits per heavy atom. The van der Waals surface area contributed by atoms with Crippen LogP contribution in [0.2, 0.25) is 0 Å². The molecule has 0 saturated heterocycles. The van der Waals surface area contributed by atoms with Crippen LogP contribution in [0.5, 0.6) is 5.75 Å². The summed E-state index contributed by atoms with van der Waals surface area (Å²) >= 11 is 0. The first kappa shape index (κ1) is 11.0. The number of hydrogen-bond acceptors (Lipinski definition) is 2. The molecule has 0 aliphatic heterocycles. The van der Waals surface area contributed by atoms with Gasteiger partial charge in [0.2, 0.25) is 0 Å². The number of aryl methyl sites for hydroxylation is 1. The summed E-state index contributed by atoms with van der Waals surface area (Å²) < 4.78 is 5.17. The Morgan fingerprint density at radius 2 is 2.25 bits per heavy atom. The van der Waals surface area contributed by atoms with Gasteiger partial charge in [0.1, 0.15) is 5.75 Å². The van der Waals surface area contributed by atoms with E-state index in [1.54, 1.807) is 7.11 Å². The van der Waals surface area contributed by atoms with Crippen molar-refractivity contribution >= 4 is 5.97 Å². The second-order valence-corrected chi connectivity index (χ2v) is 4.34. The van der Waals surface area contributed by atoms with Crippen LogP contribution in [0.3, 0.4) is 0 Å². The Morgan fingerprint density at radius 1 is 1.50 bits per heavy atom. The Balaban J connectivity index is 2.35. The molecule has 1 aromatic carbocycles. The van der Waals surface area contributed by atoms with Gasteiger partial charge in [-0.25, -0.2) is 0 Å². The highest BCUT2D eigenvalue weighted by Crippen LogP contribution is 2.37. The topological polar surface area (TPSA) is 46.5 Å². The number of benzene rings is 1. The molecule has 0 unspecified atom stereocenters. The number of carboxylic acids is 1. The zero-order valence-electron chi connectivity index (χ0n) is 9.56. The molecule has 3 heteroatoms. The summed E-state index contributed by atoms with van der Waals surface area (Å²) in [4.78, 5) is 11.1. The van der Waals surface area contributed by atoms with E-state index in [1.165, 1.54) is 5.56 Å². The van der Waals surface area contributed by atoms with Crippen molar-refractivity contribution in [3.63, 3.8) is 0 Å². The van der Waals surface area contributed by atoms with Gasteiger partial charge >= 0.3 is 5.97 Å². The maximum Gasteiger partial charge on any atom is 0.307 e. The lowest BCUT2D eigenvalue weighted by molar-refractivity contribution is -0.142. The van der Waals surface area contributed by atoms with Gasteiger partial charge in [-0.05, 0) is 42.0 Å². The number of carboxylic acid groups (broad SMARTS) is 1. The van der Waals surface area contributed by atoms with Crippen molar-refractivity contribution in [2.24, 2.45) is 5.92 Å². The first-order valence-electron chi connectivity index (χ1n) is 5.53. The van der Waals surface area contributed by atoms with Crippen molar-refractivity contribution in [2.75, 3.05) is 7.11 Å². The van der Waals surface area contributed by atoms with Crippen molar-refractivity contribution in [3.05, 3.63) is 29.3 Å². The van der Waals surface area contributed by atoms with Crippen molar-refractivity contribution < 1.29 is 14.6 Å². The Kier molecular flexibility index (Phi) is 2.86. The lowest BCUT2D eigenvalue weighted by Gasteiger charge is -2.28. The summed E-state index contributed by atoms with van der Waals surface area (Å²) in [6, 6.07) is 5.91. The van der Waals surface area contributed by atoms with Gasteiger partial charge in [0.25, 0.3) is 0 Å². The Labute approximate surface area is 95.0 Å². The fourth-order valence-electron chi connectivity index (χ4n) is 2.48. The van der Waals surface area contributed by atoms with Crippen molar-refractivity contribution in [3.8, 4) is 5.75 Å². The second-order valence-electron chi connectivity index (χ2n) is 4.34. The summed E-state index contributed by atoms with van der Waals surface area (Å²) in [6.45, 7) is 1.99. The molecule has 0 spiro atoms. The molecule has 2 rings (SSSR count). The number of hydrogen-bond donors (Lipinski definition) is 1. The van der Waals surface area contributed by atoms with Gasteiger partial charge in [-0.1, -0.05) is 13.0 Å². The SMILES string of the molecule is COc1ccc2c(c1)CC[C@H](C(=O)O)[C@@H]2C. The molecule has 0 aromatic heterocycles. The van der Waals surface area contributed by atoms with E-state index in [1.807, 2.05) is 25.1 Å². The molecule has 1 N–H and O–H groups in total. The summed E-state index contributed by atoms with van der Waals surface area (Å²) in [5, 5.41) is 9.11. The van der Waals surface area contributed by atoms with E-state index in [0.717, 1.165) is 24.2 Å². The minimum atomic E-state index is -0.686. The van der Waals surface area contributed by atoms with E-state index in [9.17, 15) is 4.79 Å². The third-order valence-corrected chi connectivity index (χ3v) is 3.49. The van der Waals surface area contributed by atoms with Gasteiger partial charge in [-0.15, -0.1) is 0 Å². The molecule has 0 radical (unpaired) electrons. The fraction of sp³-hybridized carbons (Fsp3) is 0.462. The maximum atomic E-state index is 11.1. The fourth-order valence-corrected chi connectivity index (χ4v) is 2.48. The van der Waals surface area contributed by atoms with Crippen LogP contribution < -0.4 is 4.74 Å². The monoisotopic (exact) mass is 220 g/mol. The van der Waals surface area contributed by atoms with Crippen molar-refractivity contribution in [2.45, 2.75) is 25.7 Å². The molecule has 0 heterocycles. The summed E-state index contributed by atoms with van der Waals surface area (Å²) in [6.07, 6.45) is 1.55. The van der Waals surface area contributed by atoms with E-state index in [2.05, 4.69) is 0 Å². The third-order valence-electron chi connectivity index (χ3n) is 3.49. The normalized spacial score (nSPS) is 23.6. The molecular formula is C13H16O3. The number of carbonyl (C=O) groups is 1. The molecule has 1 aliphatic carbocycles. The zero-order chi connectivity index (χ0) is 11.7. The smallest absolute Gasteiger partial charge is 0.307 e. The molecule has 0 saturated carbocycles. The highest BCUT2D eigenvalue weighted by Gasteiger charge is 2.31. The quantitative estimate of drug-likeness (QED) is 0.832. The number of fused-ring (bicyclic) bond motifs is 1. The lowest BCUT2D eigenvalue weighted by atomic mass is 9.76. The van der Waals surface area contributed by atoms with Gasteiger partial charge in [-0.2, -0.15) is 0 Å². The summed E-state index contributed by atoms with van der Waals surface area (Å²) in [7, 11) is 1.65. The van der Waals surface area contributed by atoms with Gasteiger partial charge in [0.05, 0.1) is 13.0 Å². The number of rotatable bonds is 2. The van der Waals surface area contributed by atoms with E-state index in [0.29, 0.717) is 0 Å². The zero-order valence-corrected chi connectivity index (χ0v) is 9.56. The van der Waals surface area contributed by atoms with Crippen LogP contribution in [0.15, 0.2) is 18.2 Å². The third kappa shape index (κ3) is 1.77. The van der Waals surface area contributed by atoms with Gasteiger partial charge in [0.15, 0.2) is 0 Å². The van der Waals surface area contributed by atoms with Crippen LogP contribution in [0.4, 0.5) is 0 Å². The maximum absolute atomic E-state index is 11.1. The Hall–Kier alpha value is -1.51. The number of aliphatic carboxylic acids is 1. The van der Waals surface area contributed by atoms with Gasteiger partial charge in [-0.3, -0.25) is 4.79 Å². The van der Waals surface area contributed by atoms with Crippen molar-refractivity contribution in [1.29, 1.82) is 0 Å². The van der Waals surface area contributed by atoms with E-state index < -0.39 is 5.97 Å². The van der Waals surface area contributed by atoms with Crippen LogP contribution in [-0.4, -0.2) is 18.2 Å². The highest BCUT2D eigenvalue weighted by molar-refractivity contribution is 5.72. The molecule has 1 aliphatic rings. The Bertz CT molecular complexity index is 412. The largest absolute Gasteiger partial charge is 0.497 e. The summed E-state index contributed by atoms with van der Waals surface area (Å²) in [5.74, 6) is 0.00161. The standard InChI is InChI=1S/C13H16O3/c1-8-11-6-4-10(16-2)7-9(11)3-5-12(8)13(14)15/h4,6-8,12H,3,5H2,1-2H3,(H,14,15)/t8-,12+/m1/s1. The molecule has 0 bridgehead atoms. The van der Waals surface area contributed by atoms with E-state index in [-0.39, 0.29) is 11.8 Å². The molecular weight excluding hydrogens is 204 g/mol. The molecule has 0 amide bonds. The van der Waals surface area contributed by atoms with Crippen LogP contribution in [0, 0.1) is 5.92 Å². The second kappa shape index (κ2) is 4.16. The number of methoxy groups -OCH3 is 1. The highest BCUT2D eigenvalue weighted by atomic mass is 16.5. The average Bonchev–Trinajstić information content (AvgIpc) is 2.28. The first-order valence-corrected chi connectivity index (χ1v) is 5.53. The minimum absolute atomic E-state index is 0.0900. The molecule has 86 valence electrons. The predicted molar refractivity (Wildman–Crippen MR) is 60.9 cm³/mol. The molecule has 2 atom stereocenters. The van der Waals surface area contributed by atoms with Crippen LogP contribution in [0.25, 0.3) is 0 Å². The molecule has 16 heavy (non-hydrogen) atoms. The predicted octanol–water partition coefficient (Wildman–Crippen LogP) is 2.45. The van der Waals surface area contributed by atoms with Crippen molar-refractivity contribution in [1.82, 2.24) is 0 Å². The first-order chi connectivity index (χ1) is 7.63. The number of ether oxygens (including phenoxy) is 1.